The Morgan fingerprint density at radius 1 is 1.05 bits per heavy atom. The van der Waals surface area contributed by atoms with Crippen LogP contribution in [-0.2, 0) is 0 Å². The average Bonchev–Trinajstić information content (AvgIpc) is 2.31. The van der Waals surface area contributed by atoms with Gasteiger partial charge < -0.3 is 0 Å². The average molecular weight is 393 g/mol. The summed E-state index contributed by atoms with van der Waals surface area (Å²) < 4.78 is 0.609. The summed E-state index contributed by atoms with van der Waals surface area (Å²) in [6.45, 7) is 19.4. The Hall–Kier alpha value is 0.647. The molecule has 0 spiro atoms. The molecule has 0 radical (unpaired) electrons. The van der Waals surface area contributed by atoms with Crippen LogP contribution >= 0.6 is 22.6 Å². The third kappa shape index (κ3) is 2.84. The van der Waals surface area contributed by atoms with Gasteiger partial charge in [-0.05, 0) is 25.4 Å². The van der Waals surface area contributed by atoms with Crippen LogP contribution < -0.4 is 0 Å². The number of likely N-dealkylation sites (N-methyl/N-ethyl adjacent to an activating group) is 1. The molecule has 1 aliphatic carbocycles. The van der Waals surface area contributed by atoms with E-state index in [9.17, 15) is 0 Å². The van der Waals surface area contributed by atoms with E-state index in [0.29, 0.717) is 15.4 Å². The molecule has 1 rings (SSSR count). The van der Waals surface area contributed by atoms with E-state index in [1.54, 1.807) is 0 Å². The quantitative estimate of drug-likeness (QED) is 0.199. The zero-order valence-electron chi connectivity index (χ0n) is 14.2. The first kappa shape index (κ1) is 17.7. The van der Waals surface area contributed by atoms with Crippen LogP contribution in [0.3, 0.4) is 0 Å². The lowest BCUT2D eigenvalue weighted by molar-refractivity contribution is 0.0138. The molecule has 19 heavy (non-hydrogen) atoms. The molecule has 0 saturated heterocycles. The molecule has 0 N–H and O–H groups in total. The van der Waals surface area contributed by atoms with Gasteiger partial charge in [-0.1, -0.05) is 82.1 Å². The van der Waals surface area contributed by atoms with Crippen molar-refractivity contribution in [2.75, 3.05) is 7.05 Å². The van der Waals surface area contributed by atoms with E-state index in [0.717, 1.165) is 5.54 Å². The SMILES string of the molecule is CC(C)C1(C)C=CC1(C)N(C)C(I)C(C)[Si](C)(C)C. The maximum absolute atomic E-state index is 2.67. The molecular weight excluding hydrogens is 361 g/mol. The van der Waals surface area contributed by atoms with Crippen LogP contribution in [0.25, 0.3) is 0 Å². The summed E-state index contributed by atoms with van der Waals surface area (Å²) in [5.41, 5.74) is 1.28. The van der Waals surface area contributed by atoms with Gasteiger partial charge in [0.25, 0.3) is 0 Å². The lowest BCUT2D eigenvalue weighted by Gasteiger charge is -2.59. The second-order valence-electron chi connectivity index (χ2n) is 8.06. The summed E-state index contributed by atoms with van der Waals surface area (Å²) in [5, 5.41) is 0. The topological polar surface area (TPSA) is 3.24 Å². The first-order valence-corrected chi connectivity index (χ1v) is 12.3. The van der Waals surface area contributed by atoms with Crippen molar-refractivity contribution in [2.24, 2.45) is 11.3 Å². The minimum absolute atomic E-state index is 0.195. The highest BCUT2D eigenvalue weighted by molar-refractivity contribution is 14.1. The maximum Gasteiger partial charge on any atom is 0.0625 e. The van der Waals surface area contributed by atoms with Crippen molar-refractivity contribution in [1.29, 1.82) is 0 Å². The third-order valence-corrected chi connectivity index (χ3v) is 11.6. The minimum atomic E-state index is -1.10. The van der Waals surface area contributed by atoms with E-state index in [2.05, 4.69) is 101 Å². The molecule has 112 valence electrons. The van der Waals surface area contributed by atoms with E-state index >= 15 is 0 Å². The largest absolute Gasteiger partial charge is 0.285 e. The smallest absolute Gasteiger partial charge is 0.0625 e. The number of hydrogen-bond donors (Lipinski definition) is 0. The van der Waals surface area contributed by atoms with E-state index in [1.807, 2.05) is 0 Å². The molecule has 0 bridgehead atoms. The molecule has 3 heteroatoms. The van der Waals surface area contributed by atoms with Crippen LogP contribution in [0.1, 0.15) is 34.6 Å². The van der Waals surface area contributed by atoms with Crippen LogP contribution in [-0.4, -0.2) is 29.6 Å². The van der Waals surface area contributed by atoms with Gasteiger partial charge in [-0.3, -0.25) is 4.90 Å². The van der Waals surface area contributed by atoms with Crippen molar-refractivity contribution in [3.8, 4) is 0 Å². The second kappa shape index (κ2) is 5.45. The fraction of sp³-hybridized carbons (Fsp3) is 0.875. The summed E-state index contributed by atoms with van der Waals surface area (Å²) in [4.78, 5) is 2.62. The minimum Gasteiger partial charge on any atom is -0.285 e. The normalized spacial score (nSPS) is 34.5. The van der Waals surface area contributed by atoms with Gasteiger partial charge in [-0.25, -0.2) is 0 Å². The van der Waals surface area contributed by atoms with Gasteiger partial charge >= 0.3 is 0 Å². The Bertz CT molecular complexity index is 360. The first-order valence-electron chi connectivity index (χ1n) is 7.45. The lowest BCUT2D eigenvalue weighted by atomic mass is 9.57. The van der Waals surface area contributed by atoms with Crippen molar-refractivity contribution < 1.29 is 0 Å². The summed E-state index contributed by atoms with van der Waals surface area (Å²) >= 11 is 2.67. The molecule has 1 nitrogen and oxygen atoms in total. The van der Waals surface area contributed by atoms with Crippen molar-refractivity contribution in [1.82, 2.24) is 4.90 Å². The van der Waals surface area contributed by atoms with Gasteiger partial charge in [0.1, 0.15) is 0 Å². The maximum atomic E-state index is 2.67. The molecule has 1 aliphatic rings. The number of hydrogen-bond acceptors (Lipinski definition) is 1. The Labute approximate surface area is 135 Å². The summed E-state index contributed by atoms with van der Waals surface area (Å²) in [5.74, 6) is 0.677. The standard InChI is InChI=1S/C16H32INSi/c1-12(2)15(4)10-11-16(15,5)18(6)14(17)13(3)19(7,8)9/h10-14H,1-9H3. The molecular formula is C16H32INSi. The Morgan fingerprint density at radius 2 is 1.53 bits per heavy atom. The predicted molar refractivity (Wildman–Crippen MR) is 98.8 cm³/mol. The number of halogens is 1. The Balaban J connectivity index is 2.96. The highest BCUT2D eigenvalue weighted by Crippen LogP contribution is 2.53. The molecule has 0 fully saturated rings. The van der Waals surface area contributed by atoms with Crippen LogP contribution in [0.15, 0.2) is 12.2 Å². The zero-order chi connectivity index (χ0) is 15.2. The third-order valence-electron chi connectivity index (χ3n) is 5.93. The molecule has 4 atom stereocenters. The zero-order valence-corrected chi connectivity index (χ0v) is 17.4. The summed E-state index contributed by atoms with van der Waals surface area (Å²) in [6, 6.07) is 0. The van der Waals surface area contributed by atoms with Crippen molar-refractivity contribution in [2.45, 2.75) is 69.4 Å². The first-order chi connectivity index (χ1) is 8.38. The van der Waals surface area contributed by atoms with E-state index in [1.165, 1.54) is 0 Å². The van der Waals surface area contributed by atoms with Gasteiger partial charge in [-0.2, -0.15) is 0 Å². The molecule has 0 aromatic heterocycles. The Kier molecular flexibility index (Phi) is 5.07. The molecule has 0 saturated carbocycles. The fourth-order valence-corrected chi connectivity index (χ4v) is 7.73. The van der Waals surface area contributed by atoms with Crippen LogP contribution in [0.2, 0.25) is 25.2 Å². The van der Waals surface area contributed by atoms with Gasteiger partial charge in [0, 0.05) is 19.0 Å². The van der Waals surface area contributed by atoms with Gasteiger partial charge in [-0.15, -0.1) is 0 Å². The van der Waals surface area contributed by atoms with E-state index in [4.69, 9.17) is 0 Å². The molecule has 0 amide bonds. The van der Waals surface area contributed by atoms with Gasteiger partial charge in [0.2, 0.25) is 0 Å². The monoisotopic (exact) mass is 393 g/mol. The highest BCUT2D eigenvalue weighted by Gasteiger charge is 2.53. The summed E-state index contributed by atoms with van der Waals surface area (Å²) in [6.07, 6.45) is 4.83. The number of nitrogens with zero attached hydrogens (tertiary/aromatic N) is 1. The van der Waals surface area contributed by atoms with Crippen LogP contribution in [0.4, 0.5) is 0 Å². The molecule has 0 aromatic carbocycles. The molecule has 0 heterocycles. The molecule has 0 aromatic rings. The van der Waals surface area contributed by atoms with Gasteiger partial charge in [0.05, 0.1) is 4.05 Å². The predicted octanol–water partition coefficient (Wildman–Crippen LogP) is 5.40. The lowest BCUT2D eigenvalue weighted by Crippen LogP contribution is -2.63. The van der Waals surface area contributed by atoms with E-state index < -0.39 is 8.07 Å². The fourth-order valence-electron chi connectivity index (χ4n) is 2.87. The van der Waals surface area contributed by atoms with E-state index in [-0.39, 0.29) is 5.54 Å². The number of alkyl halides is 1. The van der Waals surface area contributed by atoms with Crippen molar-refractivity contribution in [3.63, 3.8) is 0 Å². The van der Waals surface area contributed by atoms with Crippen LogP contribution in [0.5, 0.6) is 0 Å². The van der Waals surface area contributed by atoms with Crippen molar-refractivity contribution in [3.05, 3.63) is 12.2 Å². The van der Waals surface area contributed by atoms with Crippen LogP contribution in [0, 0.1) is 11.3 Å². The Morgan fingerprint density at radius 3 is 1.79 bits per heavy atom. The molecule has 0 aliphatic heterocycles. The van der Waals surface area contributed by atoms with Crippen molar-refractivity contribution >= 4 is 30.7 Å². The highest BCUT2D eigenvalue weighted by atomic mass is 127. The second-order valence-corrected chi connectivity index (χ2v) is 15.0. The molecule has 4 unspecified atom stereocenters. The van der Waals surface area contributed by atoms with Gasteiger partial charge in [0.15, 0.2) is 0 Å². The summed E-state index contributed by atoms with van der Waals surface area (Å²) in [7, 11) is 1.22. The number of rotatable bonds is 5.